The van der Waals surface area contributed by atoms with Crippen molar-refractivity contribution in [3.8, 4) is 78.3 Å². The van der Waals surface area contributed by atoms with Crippen molar-refractivity contribution in [3.05, 3.63) is 257 Å². The predicted octanol–water partition coefficient (Wildman–Crippen LogP) is 16.5. The minimum absolute atomic E-state index is 0.203. The number of Topliss-reactive ketones (excluding diaryl/α,β-unsaturated/α-hetero) is 2. The number of aromatic nitrogens is 3. The maximum Gasteiger partial charge on any atom is 0.166 e. The van der Waals surface area contributed by atoms with Crippen molar-refractivity contribution in [3.63, 3.8) is 0 Å². The number of benzene rings is 7. The summed E-state index contributed by atoms with van der Waals surface area (Å²) < 4.78 is 0. The van der Waals surface area contributed by atoms with E-state index in [4.69, 9.17) is 15.0 Å². The number of hydrogen-bond acceptors (Lipinski definition) is 5. The van der Waals surface area contributed by atoms with Crippen molar-refractivity contribution in [2.45, 2.75) is 63.2 Å². The molecule has 16 rings (SSSR count). The largest absolute Gasteiger partial charge is 0.294 e. The van der Waals surface area contributed by atoms with Gasteiger partial charge < -0.3 is 0 Å². The Hall–Kier alpha value is -8.67. The highest BCUT2D eigenvalue weighted by Crippen LogP contribution is 2.51. The first kappa shape index (κ1) is 45.9. The van der Waals surface area contributed by atoms with Gasteiger partial charge in [-0.25, -0.2) is 0 Å². The number of rotatable bonds is 13. The van der Waals surface area contributed by atoms with E-state index in [9.17, 15) is 9.59 Å². The lowest BCUT2D eigenvalue weighted by Gasteiger charge is -2.41. The first-order valence-electron chi connectivity index (χ1n) is 27.1. The van der Waals surface area contributed by atoms with E-state index in [1.54, 1.807) is 0 Å². The molecule has 2 fully saturated rings. The summed E-state index contributed by atoms with van der Waals surface area (Å²) in [6.45, 7) is 0. The zero-order chi connectivity index (χ0) is 50.7. The third-order valence-corrected chi connectivity index (χ3v) is 17.0. The fraction of sp³-hybridized carbons (Fsp3) is 0.169. The summed E-state index contributed by atoms with van der Waals surface area (Å²) in [5.41, 5.74) is 24.1. The summed E-state index contributed by atoms with van der Waals surface area (Å²) in [4.78, 5) is 41.3. The molecule has 0 spiro atoms. The number of ketones is 2. The number of nitrogens with zero attached hydrogens (tertiary/aromatic N) is 3. The molecular formula is C71H55N3O2. The van der Waals surface area contributed by atoms with Gasteiger partial charge in [-0.05, 0) is 166 Å². The quantitative estimate of drug-likeness (QED) is 0.115. The molecule has 0 atom stereocenters. The summed E-state index contributed by atoms with van der Waals surface area (Å²) in [7, 11) is 0. The second kappa shape index (κ2) is 19.2. The lowest BCUT2D eigenvalue weighted by atomic mass is 9.62. The molecule has 0 radical (unpaired) electrons. The zero-order valence-corrected chi connectivity index (χ0v) is 42.3. The molecule has 0 amide bonds. The van der Waals surface area contributed by atoms with Crippen LogP contribution in [0.15, 0.2) is 213 Å². The highest BCUT2D eigenvalue weighted by atomic mass is 16.1. The van der Waals surface area contributed by atoms with Gasteiger partial charge in [-0.2, -0.15) is 0 Å². The van der Waals surface area contributed by atoms with Crippen LogP contribution in [0.3, 0.4) is 0 Å². The number of carbonyl (C=O) groups excluding carboxylic acids is 2. The number of pyridine rings is 3. The van der Waals surface area contributed by atoms with E-state index >= 15 is 0 Å². The molecule has 6 aliphatic carbocycles. The van der Waals surface area contributed by atoms with E-state index in [0.717, 1.165) is 124 Å². The van der Waals surface area contributed by atoms with Gasteiger partial charge in [-0.15, -0.1) is 0 Å². The molecule has 0 saturated heterocycles. The maximum absolute atomic E-state index is 13.1. The SMILES string of the molecule is O=C1c2cc(-c3ccc(CCc4cc(CCc5ccc(-c6ccc7c(c6)C(=O)C6CC7C6)nc5)cc(-c5ccccc5-c5cnc(-c6ccccc6)cc5-c5ccc(-c6ccccc6)cc5)c4)cn3)ccc2C2CC1C2. The zero-order valence-electron chi connectivity index (χ0n) is 42.3. The van der Waals surface area contributed by atoms with Crippen LogP contribution in [-0.2, 0) is 25.7 Å². The Morgan fingerprint density at radius 1 is 0.289 bits per heavy atom. The van der Waals surface area contributed by atoms with Gasteiger partial charge in [0.2, 0.25) is 0 Å². The summed E-state index contributed by atoms with van der Waals surface area (Å²) >= 11 is 0. The Morgan fingerprint density at radius 2 is 0.750 bits per heavy atom. The standard InChI is InChI=1S/C71H55N3O2/c75-70-57-34-55(35-57)60-27-25-52(38-64(60)70)67-29-19-44(41-72-67)15-17-46-31-47(18-16-45-20-30-68(73-42-45)53-26-28-61-56-36-58(37-56)71(76)65(61)39-53)33-54(32-46)59-13-7-8-14-62(59)66-43-74-69(51-11-5-2-6-12-51)40-63(66)50-23-21-49(22-24-50)48-9-3-1-4-10-48/h1-14,19-33,38-43,55-58H,15-18,34-37H2. The molecule has 0 N–H and O–H groups in total. The molecule has 6 aliphatic rings. The van der Waals surface area contributed by atoms with Crippen LogP contribution in [0.25, 0.3) is 78.3 Å². The lowest BCUT2D eigenvalue weighted by molar-refractivity contribution is 0.0786. The lowest BCUT2D eigenvalue weighted by Crippen LogP contribution is -2.36. The summed E-state index contributed by atoms with van der Waals surface area (Å²) in [5, 5.41) is 0. The molecule has 366 valence electrons. The number of aryl methyl sites for hydroxylation is 4. The van der Waals surface area contributed by atoms with Gasteiger partial charge in [0.1, 0.15) is 0 Å². The molecule has 0 unspecified atom stereocenters. The smallest absolute Gasteiger partial charge is 0.166 e. The molecule has 3 aromatic heterocycles. The normalized spacial score (nSPS) is 17.8. The Morgan fingerprint density at radius 3 is 1.29 bits per heavy atom. The topological polar surface area (TPSA) is 72.8 Å². The van der Waals surface area contributed by atoms with E-state index in [2.05, 4.69) is 194 Å². The van der Waals surface area contributed by atoms with Crippen molar-refractivity contribution < 1.29 is 9.59 Å². The molecule has 5 nitrogen and oxygen atoms in total. The monoisotopic (exact) mass is 981 g/mol. The maximum atomic E-state index is 13.1. The second-order valence-corrected chi connectivity index (χ2v) is 21.7. The van der Waals surface area contributed by atoms with Gasteiger partial charge in [0, 0.05) is 63.8 Å². The average molecular weight is 982 g/mol. The third kappa shape index (κ3) is 8.60. The predicted molar refractivity (Wildman–Crippen MR) is 305 cm³/mol. The summed E-state index contributed by atoms with van der Waals surface area (Å²) in [5.74, 6) is 2.08. The fourth-order valence-electron chi connectivity index (χ4n) is 12.6. The first-order chi connectivity index (χ1) is 37.4. The highest BCUT2D eigenvalue weighted by Gasteiger charge is 2.44. The minimum atomic E-state index is 0.203. The third-order valence-electron chi connectivity index (χ3n) is 17.0. The molecule has 4 bridgehead atoms. The van der Waals surface area contributed by atoms with Gasteiger partial charge in [-0.3, -0.25) is 24.5 Å². The van der Waals surface area contributed by atoms with Crippen LogP contribution in [0.2, 0.25) is 0 Å². The average Bonchev–Trinajstić information content (AvgIpc) is 3.48. The van der Waals surface area contributed by atoms with Crippen molar-refractivity contribution in [1.29, 1.82) is 0 Å². The van der Waals surface area contributed by atoms with Gasteiger partial charge >= 0.3 is 0 Å². The Bertz CT molecular complexity index is 3710. The minimum Gasteiger partial charge on any atom is -0.294 e. The molecule has 0 aliphatic heterocycles. The second-order valence-electron chi connectivity index (χ2n) is 21.7. The molecule has 10 aromatic rings. The van der Waals surface area contributed by atoms with Crippen LogP contribution in [0.5, 0.6) is 0 Å². The van der Waals surface area contributed by atoms with E-state index < -0.39 is 0 Å². The summed E-state index contributed by atoms with van der Waals surface area (Å²) in [6.07, 6.45) is 13.5. The first-order valence-corrected chi connectivity index (χ1v) is 27.1. The van der Waals surface area contributed by atoms with Gasteiger partial charge in [-0.1, -0.05) is 164 Å². The van der Waals surface area contributed by atoms with E-state index in [1.807, 2.05) is 18.5 Å². The number of hydrogen-bond donors (Lipinski definition) is 0. The van der Waals surface area contributed by atoms with Crippen molar-refractivity contribution >= 4 is 11.6 Å². The van der Waals surface area contributed by atoms with Gasteiger partial charge in [0.25, 0.3) is 0 Å². The van der Waals surface area contributed by atoms with Crippen molar-refractivity contribution in [2.75, 3.05) is 0 Å². The summed E-state index contributed by atoms with van der Waals surface area (Å²) in [6, 6.07) is 69.4. The van der Waals surface area contributed by atoms with Crippen molar-refractivity contribution in [1.82, 2.24) is 15.0 Å². The number of carbonyl (C=O) groups is 2. The van der Waals surface area contributed by atoms with E-state index in [1.165, 1.54) is 50.1 Å². The molecule has 5 heteroatoms. The van der Waals surface area contributed by atoms with Crippen LogP contribution >= 0.6 is 0 Å². The fourth-order valence-corrected chi connectivity index (χ4v) is 12.6. The molecule has 2 saturated carbocycles. The van der Waals surface area contributed by atoms with Crippen LogP contribution in [0.4, 0.5) is 0 Å². The van der Waals surface area contributed by atoms with Crippen LogP contribution in [0, 0.1) is 11.8 Å². The highest BCUT2D eigenvalue weighted by molar-refractivity contribution is 6.04. The van der Waals surface area contributed by atoms with E-state index in [-0.39, 0.29) is 11.8 Å². The van der Waals surface area contributed by atoms with Gasteiger partial charge in [0.05, 0.1) is 17.1 Å². The molecule has 3 heterocycles. The van der Waals surface area contributed by atoms with Gasteiger partial charge in [0.15, 0.2) is 11.6 Å². The van der Waals surface area contributed by atoms with Crippen molar-refractivity contribution in [2.24, 2.45) is 11.8 Å². The molecule has 76 heavy (non-hydrogen) atoms. The van der Waals surface area contributed by atoms with Crippen LogP contribution in [0.1, 0.15) is 91.6 Å². The van der Waals surface area contributed by atoms with E-state index in [0.29, 0.717) is 23.4 Å². The Balaban J connectivity index is 0.787. The van der Waals surface area contributed by atoms with Crippen LogP contribution < -0.4 is 0 Å². The van der Waals surface area contributed by atoms with Crippen LogP contribution in [-0.4, -0.2) is 26.5 Å². The molecule has 7 aromatic carbocycles. The Kier molecular flexibility index (Phi) is 11.6. The molecular weight excluding hydrogens is 927 g/mol. The Labute approximate surface area is 444 Å².